The van der Waals surface area contributed by atoms with E-state index in [0.717, 1.165) is 5.56 Å². The van der Waals surface area contributed by atoms with Gasteiger partial charge in [0.2, 0.25) is 11.8 Å². The molecule has 0 aromatic heterocycles. The molecule has 6 heteroatoms. The average Bonchev–Trinajstić information content (AvgIpc) is 2.49. The number of primary amides is 1. The van der Waals surface area contributed by atoms with E-state index in [0.29, 0.717) is 16.3 Å². The van der Waals surface area contributed by atoms with Gasteiger partial charge in [-0.25, -0.2) is 0 Å². The van der Waals surface area contributed by atoms with Gasteiger partial charge in [-0.1, -0.05) is 35.9 Å². The highest BCUT2D eigenvalue weighted by Crippen LogP contribution is 2.15. The summed E-state index contributed by atoms with van der Waals surface area (Å²) in [6, 6.07) is 13.6. The second-order valence-corrected chi connectivity index (χ2v) is 4.98. The largest absolute Gasteiger partial charge is 0.367 e. The predicted octanol–water partition coefficient (Wildman–Crippen LogP) is 2.59. The summed E-state index contributed by atoms with van der Waals surface area (Å²) in [6.45, 7) is 0.125. The molecule has 114 valence electrons. The SMILES string of the molecule is NC(=O)c1cccc(NC(=O)COCc2ccccc2Cl)c1. The molecule has 22 heavy (non-hydrogen) atoms. The number of hydrogen-bond donors (Lipinski definition) is 2. The van der Waals surface area contributed by atoms with E-state index in [4.69, 9.17) is 22.1 Å². The first kappa shape index (κ1) is 16.0. The molecule has 0 aliphatic carbocycles. The van der Waals surface area contributed by atoms with Gasteiger partial charge in [-0.05, 0) is 29.8 Å². The van der Waals surface area contributed by atoms with Crippen LogP contribution in [0.2, 0.25) is 5.02 Å². The second kappa shape index (κ2) is 7.59. The Kier molecular flexibility index (Phi) is 5.52. The van der Waals surface area contributed by atoms with Crippen LogP contribution in [0.1, 0.15) is 15.9 Å². The van der Waals surface area contributed by atoms with E-state index >= 15 is 0 Å². The Labute approximate surface area is 133 Å². The Morgan fingerprint density at radius 3 is 2.64 bits per heavy atom. The smallest absolute Gasteiger partial charge is 0.250 e. The van der Waals surface area contributed by atoms with Crippen LogP contribution in [0.25, 0.3) is 0 Å². The highest BCUT2D eigenvalue weighted by molar-refractivity contribution is 6.31. The lowest BCUT2D eigenvalue weighted by atomic mass is 10.2. The molecule has 0 aliphatic heterocycles. The molecule has 0 heterocycles. The number of hydrogen-bond acceptors (Lipinski definition) is 3. The van der Waals surface area contributed by atoms with E-state index in [1.807, 2.05) is 18.2 Å². The number of carbonyl (C=O) groups excluding carboxylic acids is 2. The lowest BCUT2D eigenvalue weighted by Gasteiger charge is -2.08. The van der Waals surface area contributed by atoms with Crippen molar-refractivity contribution in [2.75, 3.05) is 11.9 Å². The van der Waals surface area contributed by atoms with Crippen molar-refractivity contribution in [3.63, 3.8) is 0 Å². The molecule has 0 fully saturated rings. The van der Waals surface area contributed by atoms with E-state index in [-0.39, 0.29) is 19.1 Å². The van der Waals surface area contributed by atoms with Crippen molar-refractivity contribution in [1.82, 2.24) is 0 Å². The number of nitrogens with one attached hydrogen (secondary N) is 1. The standard InChI is InChI=1S/C16H15ClN2O3/c17-14-7-2-1-4-12(14)9-22-10-15(20)19-13-6-3-5-11(8-13)16(18)21/h1-8H,9-10H2,(H2,18,21)(H,19,20). The van der Waals surface area contributed by atoms with Gasteiger partial charge in [0, 0.05) is 16.3 Å². The van der Waals surface area contributed by atoms with Crippen molar-refractivity contribution in [3.05, 3.63) is 64.7 Å². The molecule has 0 saturated heterocycles. The highest BCUT2D eigenvalue weighted by Gasteiger charge is 2.06. The zero-order valence-corrected chi connectivity index (χ0v) is 12.5. The summed E-state index contributed by atoms with van der Waals surface area (Å²) in [7, 11) is 0. The average molecular weight is 319 g/mol. The number of carbonyl (C=O) groups is 2. The molecule has 0 atom stereocenters. The molecule has 0 unspecified atom stereocenters. The summed E-state index contributed by atoms with van der Waals surface area (Å²) < 4.78 is 5.32. The predicted molar refractivity (Wildman–Crippen MR) is 84.7 cm³/mol. The summed E-state index contributed by atoms with van der Waals surface area (Å²) in [5.41, 5.74) is 6.81. The third-order valence-corrected chi connectivity index (χ3v) is 3.25. The maximum absolute atomic E-state index is 11.8. The fourth-order valence-electron chi connectivity index (χ4n) is 1.82. The van der Waals surface area contributed by atoms with Gasteiger partial charge in [-0.3, -0.25) is 9.59 Å². The molecule has 0 bridgehead atoms. The Morgan fingerprint density at radius 1 is 1.14 bits per heavy atom. The first-order valence-electron chi connectivity index (χ1n) is 6.57. The third-order valence-electron chi connectivity index (χ3n) is 2.88. The van der Waals surface area contributed by atoms with Gasteiger partial charge in [-0.15, -0.1) is 0 Å². The fourth-order valence-corrected chi connectivity index (χ4v) is 2.01. The van der Waals surface area contributed by atoms with Crippen molar-refractivity contribution >= 4 is 29.1 Å². The summed E-state index contributed by atoms with van der Waals surface area (Å²) in [5.74, 6) is -0.875. The first-order valence-corrected chi connectivity index (χ1v) is 6.95. The first-order chi connectivity index (χ1) is 10.6. The van der Waals surface area contributed by atoms with Gasteiger partial charge in [-0.2, -0.15) is 0 Å². The van der Waals surface area contributed by atoms with Gasteiger partial charge < -0.3 is 15.8 Å². The number of rotatable bonds is 6. The molecule has 2 aromatic carbocycles. The lowest BCUT2D eigenvalue weighted by molar-refractivity contribution is -0.121. The van der Waals surface area contributed by atoms with Crippen molar-refractivity contribution in [3.8, 4) is 0 Å². The molecule has 5 nitrogen and oxygen atoms in total. The topological polar surface area (TPSA) is 81.4 Å². The van der Waals surface area contributed by atoms with Crippen molar-refractivity contribution in [2.45, 2.75) is 6.61 Å². The Balaban J connectivity index is 1.84. The van der Waals surface area contributed by atoms with Gasteiger partial charge >= 0.3 is 0 Å². The maximum Gasteiger partial charge on any atom is 0.250 e. The summed E-state index contributed by atoms with van der Waals surface area (Å²) >= 11 is 5.99. The van der Waals surface area contributed by atoms with E-state index in [9.17, 15) is 9.59 Å². The molecule has 2 amide bonds. The van der Waals surface area contributed by atoms with Crippen LogP contribution >= 0.6 is 11.6 Å². The van der Waals surface area contributed by atoms with Crippen molar-refractivity contribution < 1.29 is 14.3 Å². The van der Waals surface area contributed by atoms with Crippen LogP contribution in [0.15, 0.2) is 48.5 Å². The Morgan fingerprint density at radius 2 is 1.91 bits per heavy atom. The number of amides is 2. The number of ether oxygens (including phenoxy) is 1. The number of anilines is 1. The van der Waals surface area contributed by atoms with Crippen LogP contribution in [0, 0.1) is 0 Å². The van der Waals surface area contributed by atoms with Crippen molar-refractivity contribution in [2.24, 2.45) is 5.73 Å². The molecule has 2 rings (SSSR count). The minimum absolute atomic E-state index is 0.119. The lowest BCUT2D eigenvalue weighted by Crippen LogP contribution is -2.19. The minimum Gasteiger partial charge on any atom is -0.367 e. The maximum atomic E-state index is 11.8. The summed E-state index contributed by atoms with van der Waals surface area (Å²) in [6.07, 6.45) is 0. The zero-order valence-electron chi connectivity index (χ0n) is 11.7. The van der Waals surface area contributed by atoms with Gasteiger partial charge in [0.15, 0.2) is 0 Å². The quantitative estimate of drug-likeness (QED) is 0.859. The van der Waals surface area contributed by atoms with E-state index in [2.05, 4.69) is 5.32 Å². The van der Waals surface area contributed by atoms with Crippen LogP contribution in [-0.4, -0.2) is 18.4 Å². The summed E-state index contributed by atoms with van der Waals surface area (Å²) in [5, 5.41) is 3.23. The van der Waals surface area contributed by atoms with Crippen LogP contribution in [0.4, 0.5) is 5.69 Å². The molecule has 2 aromatic rings. The normalized spacial score (nSPS) is 10.2. The molecule has 0 radical (unpaired) electrons. The molecule has 0 saturated carbocycles. The third kappa shape index (κ3) is 4.58. The number of halogens is 1. The van der Waals surface area contributed by atoms with Crippen LogP contribution in [0.5, 0.6) is 0 Å². The number of nitrogens with two attached hydrogens (primary N) is 1. The molecule has 0 aliphatic rings. The van der Waals surface area contributed by atoms with E-state index in [1.54, 1.807) is 24.3 Å². The molecular formula is C16H15ClN2O3. The van der Waals surface area contributed by atoms with Gasteiger partial charge in [0.05, 0.1) is 6.61 Å². The second-order valence-electron chi connectivity index (χ2n) is 4.58. The van der Waals surface area contributed by atoms with Crippen molar-refractivity contribution in [1.29, 1.82) is 0 Å². The molecule has 3 N–H and O–H groups in total. The summed E-state index contributed by atoms with van der Waals surface area (Å²) in [4.78, 5) is 22.9. The molecule has 0 spiro atoms. The molecular weight excluding hydrogens is 304 g/mol. The van der Waals surface area contributed by atoms with Crippen LogP contribution < -0.4 is 11.1 Å². The monoisotopic (exact) mass is 318 g/mol. The fraction of sp³-hybridized carbons (Fsp3) is 0.125. The van der Waals surface area contributed by atoms with Crippen LogP contribution in [-0.2, 0) is 16.1 Å². The van der Waals surface area contributed by atoms with Gasteiger partial charge in [0.1, 0.15) is 6.61 Å². The minimum atomic E-state index is -0.550. The van der Waals surface area contributed by atoms with E-state index in [1.165, 1.54) is 6.07 Å². The Hall–Kier alpha value is -2.37. The van der Waals surface area contributed by atoms with Crippen LogP contribution in [0.3, 0.4) is 0 Å². The zero-order chi connectivity index (χ0) is 15.9. The van der Waals surface area contributed by atoms with E-state index < -0.39 is 5.91 Å². The number of benzene rings is 2. The van der Waals surface area contributed by atoms with Gasteiger partial charge in [0.25, 0.3) is 0 Å². The Bertz CT molecular complexity index is 689. The highest BCUT2D eigenvalue weighted by atomic mass is 35.5.